The number of carbonyl (C=O) groups excluding carboxylic acids is 1. The number of carbonyl (C=O) groups is 1. The molecule has 1 N–H and O–H groups in total. The van der Waals surface area contributed by atoms with Gasteiger partial charge < -0.3 is 9.73 Å². The summed E-state index contributed by atoms with van der Waals surface area (Å²) in [5.41, 5.74) is 1.11. The number of rotatable bonds is 7. The van der Waals surface area contributed by atoms with E-state index in [0.29, 0.717) is 17.7 Å². The van der Waals surface area contributed by atoms with Crippen molar-refractivity contribution in [1.82, 2.24) is 25.4 Å². The predicted molar refractivity (Wildman–Crippen MR) is 119 cm³/mol. The molecule has 3 aliphatic rings. The van der Waals surface area contributed by atoms with E-state index in [0.717, 1.165) is 68.9 Å². The Morgan fingerprint density at radius 2 is 2.03 bits per heavy atom. The number of nitrogens with zero attached hydrogens (tertiary/aromatic N) is 4. The number of halogens is 2. The fourth-order valence-electron chi connectivity index (χ4n) is 5.26. The molecular formula is C23H31F2N5O2S. The van der Waals surface area contributed by atoms with Crippen LogP contribution in [0.25, 0.3) is 0 Å². The minimum absolute atomic E-state index is 0.0388. The van der Waals surface area contributed by atoms with Gasteiger partial charge in [-0.2, -0.15) is 0 Å². The predicted octanol–water partition coefficient (Wildman–Crippen LogP) is 4.01. The molecule has 33 heavy (non-hydrogen) atoms. The molecule has 1 aliphatic heterocycles. The van der Waals surface area contributed by atoms with Crippen LogP contribution in [0.5, 0.6) is 0 Å². The summed E-state index contributed by atoms with van der Waals surface area (Å²) in [7, 11) is 0. The fraction of sp³-hybridized carbons (Fsp3) is 0.739. The molecule has 0 atom stereocenters. The number of aryl methyl sites for hydroxylation is 1. The van der Waals surface area contributed by atoms with Gasteiger partial charge in [-0.05, 0) is 51.0 Å². The summed E-state index contributed by atoms with van der Waals surface area (Å²) >= 11 is 1.66. The molecule has 0 bridgehead atoms. The Morgan fingerprint density at radius 3 is 2.73 bits per heavy atom. The quantitative estimate of drug-likeness (QED) is 0.646. The molecule has 2 fully saturated rings. The molecule has 0 aromatic carbocycles. The first-order chi connectivity index (χ1) is 15.8. The Kier molecular flexibility index (Phi) is 6.48. The lowest BCUT2D eigenvalue weighted by molar-refractivity contribution is -0.121. The lowest BCUT2D eigenvalue weighted by atomic mass is 9.82. The van der Waals surface area contributed by atoms with Crippen molar-refractivity contribution < 1.29 is 18.0 Å². The van der Waals surface area contributed by atoms with Crippen molar-refractivity contribution in [2.75, 3.05) is 13.1 Å². The van der Waals surface area contributed by atoms with Gasteiger partial charge in [-0.3, -0.25) is 9.69 Å². The monoisotopic (exact) mass is 479 g/mol. The van der Waals surface area contributed by atoms with E-state index < -0.39 is 5.92 Å². The van der Waals surface area contributed by atoms with Crippen LogP contribution in [-0.2, 0) is 24.2 Å². The topological polar surface area (TPSA) is 84.2 Å². The number of thiazole rings is 1. The molecule has 180 valence electrons. The third-order valence-corrected chi connectivity index (χ3v) is 8.53. The Bertz CT molecular complexity index is 977. The zero-order valence-electron chi connectivity index (χ0n) is 19.0. The first-order valence-electron chi connectivity index (χ1n) is 12.0. The van der Waals surface area contributed by atoms with E-state index in [2.05, 4.69) is 20.4 Å². The van der Waals surface area contributed by atoms with Crippen LogP contribution in [-0.4, -0.2) is 51.0 Å². The average molecular weight is 480 g/mol. The van der Waals surface area contributed by atoms with Crippen molar-refractivity contribution in [3.05, 3.63) is 27.4 Å². The number of hydrogen-bond donors (Lipinski definition) is 1. The molecule has 5 rings (SSSR count). The number of fused-ring (bicyclic) bond motifs is 1. The Hall–Kier alpha value is -1.94. The first kappa shape index (κ1) is 22.8. The normalized spacial score (nSPS) is 25.4. The largest absolute Gasteiger partial charge is 0.425 e. The van der Waals surface area contributed by atoms with Crippen molar-refractivity contribution in [1.29, 1.82) is 0 Å². The summed E-state index contributed by atoms with van der Waals surface area (Å²) in [5, 5.41) is 11.7. The number of nitrogens with one attached hydrogen (secondary N) is 1. The van der Waals surface area contributed by atoms with Gasteiger partial charge in [0.25, 0.3) is 0 Å². The Labute approximate surface area is 196 Å². The molecule has 7 nitrogen and oxygen atoms in total. The summed E-state index contributed by atoms with van der Waals surface area (Å²) < 4.78 is 31.7. The maximum atomic E-state index is 13.2. The van der Waals surface area contributed by atoms with Gasteiger partial charge in [-0.15, -0.1) is 21.5 Å². The minimum Gasteiger partial charge on any atom is -0.425 e. The van der Waals surface area contributed by atoms with Crippen molar-refractivity contribution in [3.63, 3.8) is 0 Å². The van der Waals surface area contributed by atoms with Crippen molar-refractivity contribution in [3.8, 4) is 0 Å². The molecule has 2 saturated carbocycles. The summed E-state index contributed by atoms with van der Waals surface area (Å²) in [5.74, 6) is -1.07. The van der Waals surface area contributed by atoms with E-state index in [9.17, 15) is 13.6 Å². The standard InChI is InChI=1S/C23H31F2N5O2S/c1-14-28-29-21(32-14)10-20(31)26-17-4-2-15(3-5-17)6-8-30-9-7-19-18(13-30)27-22(33-19)16-11-23(24,25)12-16/h15-17H,2-13H2,1H3,(H,26,31). The summed E-state index contributed by atoms with van der Waals surface area (Å²) in [6, 6.07) is 0.225. The van der Waals surface area contributed by atoms with E-state index in [-0.39, 0.29) is 37.1 Å². The second kappa shape index (κ2) is 9.37. The van der Waals surface area contributed by atoms with Crippen molar-refractivity contribution in [2.45, 2.75) is 89.1 Å². The number of amides is 1. The molecule has 2 aromatic rings. The van der Waals surface area contributed by atoms with Crippen molar-refractivity contribution >= 4 is 17.2 Å². The van der Waals surface area contributed by atoms with Crippen LogP contribution < -0.4 is 5.32 Å². The van der Waals surface area contributed by atoms with Crippen LogP contribution in [0.2, 0.25) is 0 Å². The molecule has 3 heterocycles. The molecule has 0 unspecified atom stereocenters. The first-order valence-corrected chi connectivity index (χ1v) is 12.8. The van der Waals surface area contributed by atoms with E-state index in [1.165, 1.54) is 4.88 Å². The van der Waals surface area contributed by atoms with Crippen LogP contribution in [0.1, 0.15) is 78.2 Å². The lowest BCUT2D eigenvalue weighted by Gasteiger charge is -2.33. The molecule has 2 aromatic heterocycles. The maximum Gasteiger partial charge on any atom is 0.249 e. The number of alkyl halides is 2. The highest BCUT2D eigenvalue weighted by Crippen LogP contribution is 2.49. The SMILES string of the molecule is Cc1nnc(CC(=O)NC2CCC(CCN3CCc4sc(C5CC(F)(F)C5)nc4C3)CC2)o1. The average Bonchev–Trinajstić information content (AvgIpc) is 3.36. The lowest BCUT2D eigenvalue weighted by Crippen LogP contribution is -2.39. The van der Waals surface area contributed by atoms with Gasteiger partial charge in [0.2, 0.25) is 23.6 Å². The Balaban J connectivity index is 1.02. The highest BCUT2D eigenvalue weighted by atomic mass is 32.1. The summed E-state index contributed by atoms with van der Waals surface area (Å²) in [6.07, 6.45) is 6.46. The van der Waals surface area contributed by atoms with E-state index in [1.807, 2.05) is 0 Å². The zero-order valence-corrected chi connectivity index (χ0v) is 19.8. The van der Waals surface area contributed by atoms with Gasteiger partial charge >= 0.3 is 0 Å². The van der Waals surface area contributed by atoms with Crippen LogP contribution >= 0.6 is 11.3 Å². The second-order valence-corrected chi connectivity index (χ2v) is 11.0. The van der Waals surface area contributed by atoms with Crippen LogP contribution in [0.15, 0.2) is 4.42 Å². The third kappa shape index (κ3) is 5.59. The van der Waals surface area contributed by atoms with Gasteiger partial charge in [0.15, 0.2) is 0 Å². The van der Waals surface area contributed by atoms with Crippen LogP contribution in [0, 0.1) is 12.8 Å². The molecule has 0 spiro atoms. The van der Waals surface area contributed by atoms with Gasteiger partial charge in [-0.25, -0.2) is 13.8 Å². The van der Waals surface area contributed by atoms with Gasteiger partial charge in [0, 0.05) is 49.7 Å². The molecular weight excluding hydrogens is 448 g/mol. The number of aromatic nitrogens is 3. The maximum absolute atomic E-state index is 13.2. The van der Waals surface area contributed by atoms with Gasteiger partial charge in [0.05, 0.1) is 10.7 Å². The highest BCUT2D eigenvalue weighted by molar-refractivity contribution is 7.11. The van der Waals surface area contributed by atoms with Crippen LogP contribution in [0.3, 0.4) is 0 Å². The van der Waals surface area contributed by atoms with Crippen LogP contribution in [0.4, 0.5) is 8.78 Å². The molecule has 2 aliphatic carbocycles. The third-order valence-electron chi connectivity index (χ3n) is 7.21. The van der Waals surface area contributed by atoms with E-state index in [1.54, 1.807) is 18.3 Å². The van der Waals surface area contributed by atoms with E-state index >= 15 is 0 Å². The molecule has 10 heteroatoms. The second-order valence-electron chi connectivity index (χ2n) is 9.87. The van der Waals surface area contributed by atoms with Gasteiger partial charge in [0.1, 0.15) is 6.42 Å². The Morgan fingerprint density at radius 1 is 1.24 bits per heavy atom. The number of hydrogen-bond acceptors (Lipinski definition) is 7. The summed E-state index contributed by atoms with van der Waals surface area (Å²) in [4.78, 5) is 20.7. The van der Waals surface area contributed by atoms with Gasteiger partial charge in [-0.1, -0.05) is 0 Å². The molecule has 0 saturated heterocycles. The van der Waals surface area contributed by atoms with Crippen molar-refractivity contribution in [2.24, 2.45) is 5.92 Å². The fourth-order valence-corrected chi connectivity index (χ4v) is 6.42. The van der Waals surface area contributed by atoms with E-state index in [4.69, 9.17) is 9.40 Å². The highest BCUT2D eigenvalue weighted by Gasteiger charge is 2.47. The molecule has 0 radical (unpaired) electrons. The summed E-state index contributed by atoms with van der Waals surface area (Å²) in [6.45, 7) is 4.63. The minimum atomic E-state index is -2.49. The molecule has 1 amide bonds. The zero-order chi connectivity index (χ0) is 23.0. The smallest absolute Gasteiger partial charge is 0.249 e.